The number of halogens is 3. The molecule has 1 aliphatic rings. The number of benzene rings is 1. The van der Waals surface area contributed by atoms with Crippen LogP contribution in [0, 0.1) is 17.5 Å². The molecule has 1 aromatic carbocycles. The van der Waals surface area contributed by atoms with Crippen LogP contribution in [-0.4, -0.2) is 30.4 Å². The first-order valence-electron chi connectivity index (χ1n) is 8.55. The van der Waals surface area contributed by atoms with Crippen LogP contribution in [-0.2, 0) is 4.79 Å². The Morgan fingerprint density at radius 3 is 2.54 bits per heavy atom. The standard InChI is InChI=1S/C20H23F3N2O/c1-4-7-13(18(5-2)24-6-3)11-25-12-15(10-19(25)26)14-8-16(21)20(23)17(22)9-14/h4-5,7-9,15,24H,1,6,10-12H2,2-3H3/b13-7-,18-5+. The van der Waals surface area contributed by atoms with Crippen molar-refractivity contribution in [3.63, 3.8) is 0 Å². The van der Waals surface area contributed by atoms with E-state index < -0.39 is 17.5 Å². The van der Waals surface area contributed by atoms with Crippen LogP contribution in [0.3, 0.4) is 0 Å². The minimum Gasteiger partial charge on any atom is -0.385 e. The minimum atomic E-state index is -1.49. The summed E-state index contributed by atoms with van der Waals surface area (Å²) in [5, 5.41) is 3.24. The number of carbonyl (C=O) groups is 1. The summed E-state index contributed by atoms with van der Waals surface area (Å²) < 4.78 is 40.1. The van der Waals surface area contributed by atoms with Gasteiger partial charge in [0.15, 0.2) is 17.5 Å². The fourth-order valence-corrected chi connectivity index (χ4v) is 3.13. The fraction of sp³-hybridized carbons (Fsp3) is 0.350. The molecule has 0 aromatic heterocycles. The summed E-state index contributed by atoms with van der Waals surface area (Å²) in [6, 6.07) is 1.94. The zero-order valence-corrected chi connectivity index (χ0v) is 15.0. The molecule has 140 valence electrons. The normalized spacial score (nSPS) is 18.4. The second-order valence-electron chi connectivity index (χ2n) is 6.13. The third-order valence-electron chi connectivity index (χ3n) is 4.37. The molecule has 1 N–H and O–H groups in total. The number of nitrogens with one attached hydrogen (secondary N) is 1. The van der Waals surface area contributed by atoms with Crippen LogP contribution < -0.4 is 5.32 Å². The first-order chi connectivity index (χ1) is 12.4. The zero-order valence-electron chi connectivity index (χ0n) is 15.0. The van der Waals surface area contributed by atoms with Gasteiger partial charge in [-0.05, 0) is 37.1 Å². The molecule has 1 amide bonds. The third kappa shape index (κ3) is 4.36. The second-order valence-corrected chi connectivity index (χ2v) is 6.13. The Hall–Kier alpha value is -2.50. The molecule has 1 saturated heterocycles. The van der Waals surface area contributed by atoms with Gasteiger partial charge in [0.05, 0.1) is 0 Å². The van der Waals surface area contributed by atoms with Gasteiger partial charge >= 0.3 is 0 Å². The van der Waals surface area contributed by atoms with Gasteiger partial charge in [-0.25, -0.2) is 13.2 Å². The Bertz CT molecular complexity index is 732. The highest BCUT2D eigenvalue weighted by Gasteiger charge is 2.32. The van der Waals surface area contributed by atoms with Crippen molar-refractivity contribution in [2.75, 3.05) is 19.6 Å². The number of hydrogen-bond donors (Lipinski definition) is 1. The van der Waals surface area contributed by atoms with Gasteiger partial charge in [-0.2, -0.15) is 0 Å². The highest BCUT2D eigenvalue weighted by Crippen LogP contribution is 2.31. The number of likely N-dealkylation sites (N-methyl/N-ethyl adjacent to an activating group) is 1. The van der Waals surface area contributed by atoms with E-state index in [4.69, 9.17) is 0 Å². The molecule has 1 aromatic rings. The van der Waals surface area contributed by atoms with Crippen LogP contribution in [0.5, 0.6) is 0 Å². The smallest absolute Gasteiger partial charge is 0.223 e. The van der Waals surface area contributed by atoms with Crippen LogP contribution in [0.2, 0.25) is 0 Å². The number of hydrogen-bond acceptors (Lipinski definition) is 2. The summed E-state index contributed by atoms with van der Waals surface area (Å²) in [5.74, 6) is -4.44. The molecule has 0 saturated carbocycles. The molecular formula is C20H23F3N2O. The zero-order chi connectivity index (χ0) is 19.3. The average molecular weight is 364 g/mol. The van der Waals surface area contributed by atoms with Crippen molar-refractivity contribution >= 4 is 5.91 Å². The van der Waals surface area contributed by atoms with E-state index in [1.54, 1.807) is 11.0 Å². The van der Waals surface area contributed by atoms with Gasteiger partial charge in [-0.3, -0.25) is 4.79 Å². The van der Waals surface area contributed by atoms with E-state index in [1.165, 1.54) is 0 Å². The largest absolute Gasteiger partial charge is 0.385 e. The molecule has 3 nitrogen and oxygen atoms in total. The lowest BCUT2D eigenvalue weighted by Gasteiger charge is -2.21. The summed E-state index contributed by atoms with van der Waals surface area (Å²) in [6.07, 6.45) is 5.54. The SMILES string of the molecule is C=C/C=C(CN1CC(c2cc(F)c(F)c(F)c2)CC1=O)\C(=C/C)NCC. The Labute approximate surface area is 151 Å². The molecular weight excluding hydrogens is 341 g/mol. The highest BCUT2D eigenvalue weighted by molar-refractivity contribution is 5.80. The molecule has 2 rings (SSSR count). The number of carbonyl (C=O) groups excluding carboxylic acids is 1. The van der Waals surface area contributed by atoms with Crippen molar-refractivity contribution in [2.45, 2.75) is 26.2 Å². The van der Waals surface area contributed by atoms with Gasteiger partial charge in [-0.1, -0.05) is 24.8 Å². The van der Waals surface area contributed by atoms with Crippen LogP contribution in [0.4, 0.5) is 13.2 Å². The van der Waals surface area contributed by atoms with E-state index in [0.717, 1.165) is 29.9 Å². The van der Waals surface area contributed by atoms with Crippen molar-refractivity contribution in [1.82, 2.24) is 10.2 Å². The summed E-state index contributed by atoms with van der Waals surface area (Å²) >= 11 is 0. The van der Waals surface area contributed by atoms with Gasteiger partial charge in [-0.15, -0.1) is 0 Å². The quantitative estimate of drug-likeness (QED) is 0.585. The molecule has 0 aliphatic carbocycles. The maximum absolute atomic E-state index is 13.5. The highest BCUT2D eigenvalue weighted by atomic mass is 19.2. The van der Waals surface area contributed by atoms with Crippen molar-refractivity contribution in [3.8, 4) is 0 Å². The lowest BCUT2D eigenvalue weighted by molar-refractivity contribution is -0.127. The van der Waals surface area contributed by atoms with Crippen molar-refractivity contribution < 1.29 is 18.0 Å². The Morgan fingerprint density at radius 1 is 1.35 bits per heavy atom. The Balaban J connectivity index is 2.19. The van der Waals surface area contributed by atoms with Crippen molar-refractivity contribution in [2.24, 2.45) is 0 Å². The number of rotatable bonds is 7. The summed E-state index contributed by atoms with van der Waals surface area (Å²) in [5.41, 5.74) is 2.10. The van der Waals surface area contributed by atoms with E-state index in [9.17, 15) is 18.0 Å². The van der Waals surface area contributed by atoms with E-state index in [-0.39, 0.29) is 18.2 Å². The maximum Gasteiger partial charge on any atom is 0.223 e. The fourth-order valence-electron chi connectivity index (χ4n) is 3.13. The lowest BCUT2D eigenvalue weighted by atomic mass is 9.98. The summed E-state index contributed by atoms with van der Waals surface area (Å²) in [4.78, 5) is 14.0. The van der Waals surface area contributed by atoms with Crippen molar-refractivity contribution in [1.29, 1.82) is 0 Å². The maximum atomic E-state index is 13.5. The second kappa shape index (κ2) is 8.74. The third-order valence-corrected chi connectivity index (χ3v) is 4.37. The number of allylic oxidation sites excluding steroid dienone is 3. The van der Waals surface area contributed by atoms with E-state index in [1.807, 2.05) is 26.0 Å². The molecule has 6 heteroatoms. The molecule has 0 bridgehead atoms. The van der Waals surface area contributed by atoms with Crippen LogP contribution in [0.1, 0.15) is 31.7 Å². The average Bonchev–Trinajstić information content (AvgIpc) is 2.97. The number of nitrogens with zero attached hydrogens (tertiary/aromatic N) is 1. The van der Waals surface area contributed by atoms with Gasteiger partial charge in [0, 0.05) is 37.7 Å². The lowest BCUT2D eigenvalue weighted by Crippen LogP contribution is -2.30. The van der Waals surface area contributed by atoms with Crippen LogP contribution in [0.15, 0.2) is 48.2 Å². The molecule has 1 aliphatic heterocycles. The summed E-state index contributed by atoms with van der Waals surface area (Å²) in [6.45, 7) is 9.00. The van der Waals surface area contributed by atoms with Gasteiger partial charge < -0.3 is 10.2 Å². The first kappa shape index (κ1) is 19.8. The monoisotopic (exact) mass is 364 g/mol. The van der Waals surface area contributed by atoms with Crippen LogP contribution >= 0.6 is 0 Å². The Morgan fingerprint density at radius 2 is 2.00 bits per heavy atom. The van der Waals surface area contributed by atoms with Gasteiger partial charge in [0.2, 0.25) is 5.91 Å². The number of amides is 1. The van der Waals surface area contributed by atoms with Gasteiger partial charge in [0.25, 0.3) is 0 Å². The molecule has 1 fully saturated rings. The molecule has 1 atom stereocenters. The van der Waals surface area contributed by atoms with E-state index in [0.29, 0.717) is 18.7 Å². The summed E-state index contributed by atoms with van der Waals surface area (Å²) in [7, 11) is 0. The molecule has 0 radical (unpaired) electrons. The first-order valence-corrected chi connectivity index (χ1v) is 8.55. The Kier molecular flexibility index (Phi) is 6.66. The minimum absolute atomic E-state index is 0.109. The predicted octanol–water partition coefficient (Wildman–Crippen LogP) is 4.05. The van der Waals surface area contributed by atoms with Crippen molar-refractivity contribution in [3.05, 3.63) is 71.2 Å². The van der Waals surface area contributed by atoms with Gasteiger partial charge in [0.1, 0.15) is 0 Å². The van der Waals surface area contributed by atoms with E-state index >= 15 is 0 Å². The predicted molar refractivity (Wildman–Crippen MR) is 96.0 cm³/mol. The molecule has 26 heavy (non-hydrogen) atoms. The van der Waals surface area contributed by atoms with E-state index in [2.05, 4.69) is 11.9 Å². The molecule has 1 heterocycles. The van der Waals surface area contributed by atoms with Crippen LogP contribution in [0.25, 0.3) is 0 Å². The molecule has 0 spiro atoms. The topological polar surface area (TPSA) is 32.3 Å². The molecule has 1 unspecified atom stereocenters. The number of likely N-dealkylation sites (tertiary alicyclic amines) is 1.